The van der Waals surface area contributed by atoms with Crippen LogP contribution in [0.2, 0.25) is 0 Å². The molecule has 8 heteroatoms. The van der Waals surface area contributed by atoms with Crippen LogP contribution in [0.15, 0.2) is 97.1 Å². The zero-order valence-electron chi connectivity index (χ0n) is 25.5. The van der Waals surface area contributed by atoms with Gasteiger partial charge in [0.1, 0.15) is 13.2 Å². The summed E-state index contributed by atoms with van der Waals surface area (Å²) in [7, 11) is 5.74. The normalized spacial score (nSPS) is 12.0. The zero-order valence-corrected chi connectivity index (χ0v) is 25.5. The van der Waals surface area contributed by atoms with E-state index in [1.165, 1.54) is 14.2 Å². The Labute approximate surface area is 258 Å². The van der Waals surface area contributed by atoms with Gasteiger partial charge in [0.2, 0.25) is 0 Å². The molecule has 0 aliphatic carbocycles. The first-order valence-corrected chi connectivity index (χ1v) is 14.3. The molecule has 0 aromatic heterocycles. The Balaban J connectivity index is 1.53. The monoisotopic (exact) mass is 598 g/mol. The molecule has 0 heterocycles. The van der Waals surface area contributed by atoms with Gasteiger partial charge in [-0.3, -0.25) is 9.59 Å². The molecule has 230 valence electrons. The molecule has 0 aliphatic heterocycles. The molecule has 0 radical (unpaired) electrons. The Morgan fingerprint density at radius 1 is 0.500 bits per heavy atom. The lowest BCUT2D eigenvalue weighted by Gasteiger charge is -2.24. The van der Waals surface area contributed by atoms with Gasteiger partial charge in [0.05, 0.1) is 40.3 Å². The smallest absolute Gasteiger partial charge is 0.309 e. The molecule has 0 saturated carbocycles. The molecule has 0 spiro atoms. The number of rotatable bonds is 15. The van der Waals surface area contributed by atoms with E-state index in [0.29, 0.717) is 36.2 Å². The summed E-state index contributed by atoms with van der Waals surface area (Å²) in [6.07, 6.45) is 0.439. The lowest BCUT2D eigenvalue weighted by atomic mass is 9.82. The van der Waals surface area contributed by atoms with Crippen LogP contribution in [0.4, 0.5) is 0 Å². The van der Waals surface area contributed by atoms with Gasteiger partial charge >= 0.3 is 11.9 Å². The summed E-state index contributed by atoms with van der Waals surface area (Å²) < 4.78 is 33.5. The Bertz CT molecular complexity index is 1390. The van der Waals surface area contributed by atoms with Gasteiger partial charge in [0, 0.05) is 0 Å². The number of hydrogen-bond acceptors (Lipinski definition) is 8. The maximum atomic E-state index is 13.1. The Morgan fingerprint density at radius 2 is 0.886 bits per heavy atom. The fourth-order valence-corrected chi connectivity index (χ4v) is 4.98. The molecule has 0 fully saturated rings. The number of carbonyl (C=O) groups excluding carboxylic acids is 2. The van der Waals surface area contributed by atoms with Crippen molar-refractivity contribution in [3.05, 3.63) is 119 Å². The van der Waals surface area contributed by atoms with Gasteiger partial charge in [0.25, 0.3) is 0 Å². The highest BCUT2D eigenvalue weighted by molar-refractivity contribution is 5.82. The molecular formula is C36H38O8. The first-order valence-electron chi connectivity index (χ1n) is 14.3. The van der Waals surface area contributed by atoms with E-state index >= 15 is 0 Å². The van der Waals surface area contributed by atoms with Crippen molar-refractivity contribution in [2.75, 3.05) is 28.4 Å². The largest absolute Gasteiger partial charge is 0.493 e. The number of methoxy groups -OCH3 is 4. The van der Waals surface area contributed by atoms with E-state index in [2.05, 4.69) is 0 Å². The van der Waals surface area contributed by atoms with E-state index in [1.54, 1.807) is 26.4 Å². The molecular weight excluding hydrogens is 560 g/mol. The predicted molar refractivity (Wildman–Crippen MR) is 166 cm³/mol. The molecule has 0 saturated heterocycles. The van der Waals surface area contributed by atoms with Crippen LogP contribution >= 0.6 is 0 Å². The lowest BCUT2D eigenvalue weighted by Crippen LogP contribution is -2.34. The third-order valence-electron chi connectivity index (χ3n) is 7.34. The molecule has 4 rings (SSSR count). The van der Waals surface area contributed by atoms with E-state index in [9.17, 15) is 9.59 Å². The van der Waals surface area contributed by atoms with Gasteiger partial charge in [-0.05, 0) is 59.4 Å². The van der Waals surface area contributed by atoms with E-state index in [0.717, 1.165) is 22.3 Å². The minimum Gasteiger partial charge on any atom is -0.493 e. The predicted octanol–water partition coefficient (Wildman–Crippen LogP) is 6.23. The summed E-state index contributed by atoms with van der Waals surface area (Å²) in [5, 5.41) is 0. The van der Waals surface area contributed by atoms with Gasteiger partial charge in [0.15, 0.2) is 23.0 Å². The van der Waals surface area contributed by atoms with Crippen molar-refractivity contribution in [1.82, 2.24) is 0 Å². The molecule has 2 atom stereocenters. The molecule has 0 amide bonds. The van der Waals surface area contributed by atoms with Crippen LogP contribution < -0.4 is 18.9 Å². The number of esters is 2. The van der Waals surface area contributed by atoms with Gasteiger partial charge in [-0.15, -0.1) is 0 Å². The Morgan fingerprint density at radius 3 is 1.23 bits per heavy atom. The minimum absolute atomic E-state index is 0.219. The molecule has 4 aromatic rings. The van der Waals surface area contributed by atoms with Crippen LogP contribution in [0.5, 0.6) is 23.0 Å². The fourth-order valence-electron chi connectivity index (χ4n) is 4.98. The summed E-state index contributed by atoms with van der Waals surface area (Å²) in [6.45, 7) is 0.761. The number of ether oxygens (including phenoxy) is 6. The van der Waals surface area contributed by atoms with E-state index in [1.807, 2.05) is 84.9 Å². The summed E-state index contributed by atoms with van der Waals surface area (Å²) in [5.41, 5.74) is 3.61. The molecule has 0 unspecified atom stereocenters. The maximum absolute atomic E-state index is 13.1. The first-order chi connectivity index (χ1) is 21.4. The van der Waals surface area contributed by atoms with E-state index < -0.39 is 23.8 Å². The number of carbonyl (C=O) groups is 2. The van der Waals surface area contributed by atoms with Gasteiger partial charge < -0.3 is 28.4 Å². The van der Waals surface area contributed by atoms with Crippen molar-refractivity contribution in [3.8, 4) is 23.0 Å². The Hall–Kier alpha value is -4.98. The van der Waals surface area contributed by atoms with Crippen LogP contribution in [-0.2, 0) is 45.1 Å². The summed E-state index contributed by atoms with van der Waals surface area (Å²) in [6, 6.07) is 30.6. The second kappa shape index (κ2) is 16.0. The van der Waals surface area contributed by atoms with E-state index in [-0.39, 0.29) is 12.8 Å². The Kier molecular flexibility index (Phi) is 11.6. The average molecular weight is 599 g/mol. The summed E-state index contributed by atoms with van der Waals surface area (Å²) in [5.74, 6) is -0.500. The number of hydrogen-bond donors (Lipinski definition) is 0. The highest BCUT2D eigenvalue weighted by Crippen LogP contribution is 2.34. The third-order valence-corrected chi connectivity index (χ3v) is 7.34. The average Bonchev–Trinajstić information content (AvgIpc) is 3.08. The molecule has 0 N–H and O–H groups in total. The summed E-state index contributed by atoms with van der Waals surface area (Å²) >= 11 is 0. The standard InChI is InChI=1S/C36H38O8/c1-39-33-21-27(15-17-31(33)43-23-25-11-7-5-8-12-25)19-29(35(37)41-3)30(36(38)42-4)20-28-16-18-32(34(22-28)40-2)44-24-26-13-9-6-10-14-26/h5-18,21-22,29-30H,19-20,23-24H2,1-4H3/t29-,30-/m1/s1. The van der Waals surface area contributed by atoms with Crippen molar-refractivity contribution in [1.29, 1.82) is 0 Å². The second-order valence-electron chi connectivity index (χ2n) is 10.2. The minimum atomic E-state index is -0.826. The van der Waals surface area contributed by atoms with Crippen LogP contribution in [0.25, 0.3) is 0 Å². The van der Waals surface area contributed by atoms with Crippen molar-refractivity contribution >= 4 is 11.9 Å². The topological polar surface area (TPSA) is 89.5 Å². The first kappa shape index (κ1) is 31.9. The second-order valence-corrected chi connectivity index (χ2v) is 10.2. The van der Waals surface area contributed by atoms with Crippen LogP contribution in [0, 0.1) is 11.8 Å². The van der Waals surface area contributed by atoms with Crippen molar-refractivity contribution in [2.24, 2.45) is 11.8 Å². The molecule has 4 aromatic carbocycles. The highest BCUT2D eigenvalue weighted by Gasteiger charge is 2.36. The third kappa shape index (κ3) is 8.53. The maximum Gasteiger partial charge on any atom is 0.309 e. The fraction of sp³-hybridized carbons (Fsp3) is 0.278. The van der Waals surface area contributed by atoms with Crippen molar-refractivity contribution in [3.63, 3.8) is 0 Å². The quantitative estimate of drug-likeness (QED) is 0.149. The molecule has 0 bridgehead atoms. The van der Waals surface area contributed by atoms with Crippen molar-refractivity contribution < 1.29 is 38.0 Å². The molecule has 44 heavy (non-hydrogen) atoms. The van der Waals surface area contributed by atoms with Crippen LogP contribution in [0.1, 0.15) is 22.3 Å². The zero-order chi connectivity index (χ0) is 31.3. The van der Waals surface area contributed by atoms with Crippen LogP contribution in [0.3, 0.4) is 0 Å². The SMILES string of the molecule is COC(=O)[C@H](Cc1ccc(OCc2ccccc2)c(OC)c1)[C@@H](Cc1ccc(OCc2ccccc2)c(OC)c1)C(=O)OC. The molecule has 0 aliphatic rings. The lowest BCUT2D eigenvalue weighted by molar-refractivity contribution is -0.157. The number of benzene rings is 4. The van der Waals surface area contributed by atoms with Crippen LogP contribution in [-0.4, -0.2) is 40.4 Å². The van der Waals surface area contributed by atoms with Gasteiger partial charge in [-0.2, -0.15) is 0 Å². The van der Waals surface area contributed by atoms with E-state index in [4.69, 9.17) is 28.4 Å². The van der Waals surface area contributed by atoms with Crippen molar-refractivity contribution in [2.45, 2.75) is 26.1 Å². The molecule has 8 nitrogen and oxygen atoms in total. The van der Waals surface area contributed by atoms with Gasteiger partial charge in [-0.25, -0.2) is 0 Å². The highest BCUT2D eigenvalue weighted by atomic mass is 16.5. The van der Waals surface area contributed by atoms with Gasteiger partial charge in [-0.1, -0.05) is 72.8 Å². The summed E-state index contributed by atoms with van der Waals surface area (Å²) in [4.78, 5) is 26.2.